The fourth-order valence-electron chi connectivity index (χ4n) is 2.43. The average molecular weight is 214 g/mol. The van der Waals surface area contributed by atoms with Crippen molar-refractivity contribution in [1.82, 2.24) is 10.2 Å². The molecule has 0 spiro atoms. The summed E-state index contributed by atoms with van der Waals surface area (Å²) < 4.78 is 5.55. The number of nitrogens with one attached hydrogen (secondary N) is 1. The molecule has 0 saturated carbocycles. The van der Waals surface area contributed by atoms with Crippen molar-refractivity contribution in [2.24, 2.45) is 5.92 Å². The van der Waals surface area contributed by atoms with Crippen molar-refractivity contribution in [2.75, 3.05) is 33.4 Å². The maximum atomic E-state index is 5.55. The van der Waals surface area contributed by atoms with E-state index in [9.17, 15) is 0 Å². The van der Waals surface area contributed by atoms with Gasteiger partial charge in [0, 0.05) is 18.1 Å². The van der Waals surface area contributed by atoms with Gasteiger partial charge in [0.15, 0.2) is 0 Å². The van der Waals surface area contributed by atoms with Crippen LogP contribution in [0.1, 0.15) is 27.7 Å². The fourth-order valence-corrected chi connectivity index (χ4v) is 2.43. The summed E-state index contributed by atoms with van der Waals surface area (Å²) >= 11 is 0. The Morgan fingerprint density at radius 2 is 2.07 bits per heavy atom. The van der Waals surface area contributed by atoms with Crippen molar-refractivity contribution in [3.05, 3.63) is 0 Å². The first kappa shape index (κ1) is 12.9. The monoisotopic (exact) mass is 214 g/mol. The Kier molecular flexibility index (Phi) is 4.56. The molecule has 1 aliphatic rings. The second-order valence-electron chi connectivity index (χ2n) is 5.33. The number of ether oxygens (including phenoxy) is 1. The lowest BCUT2D eigenvalue weighted by Gasteiger charge is -2.47. The van der Waals surface area contributed by atoms with Crippen LogP contribution in [0, 0.1) is 5.92 Å². The van der Waals surface area contributed by atoms with E-state index in [0.29, 0.717) is 12.0 Å². The Balaban J connectivity index is 2.59. The van der Waals surface area contributed by atoms with Crippen LogP contribution in [-0.4, -0.2) is 49.8 Å². The van der Waals surface area contributed by atoms with Crippen LogP contribution in [0.2, 0.25) is 0 Å². The zero-order valence-corrected chi connectivity index (χ0v) is 10.8. The van der Waals surface area contributed by atoms with Crippen molar-refractivity contribution in [2.45, 2.75) is 39.3 Å². The van der Waals surface area contributed by atoms with Crippen LogP contribution in [-0.2, 0) is 4.74 Å². The molecule has 0 aliphatic carbocycles. The number of morpholine rings is 1. The van der Waals surface area contributed by atoms with E-state index >= 15 is 0 Å². The third-order valence-corrected chi connectivity index (χ3v) is 3.55. The van der Waals surface area contributed by atoms with E-state index in [-0.39, 0.29) is 5.54 Å². The molecular formula is C12H26N2O. The van der Waals surface area contributed by atoms with Gasteiger partial charge in [-0.15, -0.1) is 0 Å². The van der Waals surface area contributed by atoms with E-state index in [1.54, 1.807) is 0 Å². The van der Waals surface area contributed by atoms with Gasteiger partial charge >= 0.3 is 0 Å². The van der Waals surface area contributed by atoms with Crippen molar-refractivity contribution in [3.8, 4) is 0 Å². The van der Waals surface area contributed by atoms with Gasteiger partial charge < -0.3 is 10.1 Å². The molecule has 0 amide bonds. The van der Waals surface area contributed by atoms with E-state index in [1.807, 2.05) is 7.05 Å². The van der Waals surface area contributed by atoms with Crippen molar-refractivity contribution < 1.29 is 4.74 Å². The minimum atomic E-state index is 0.180. The van der Waals surface area contributed by atoms with E-state index in [4.69, 9.17) is 4.74 Å². The minimum absolute atomic E-state index is 0.180. The highest BCUT2D eigenvalue weighted by molar-refractivity contribution is 4.89. The molecule has 1 N–H and O–H groups in total. The summed E-state index contributed by atoms with van der Waals surface area (Å²) in [6.07, 6.45) is 0. The van der Waals surface area contributed by atoms with Gasteiger partial charge in [0.1, 0.15) is 0 Å². The molecule has 1 fully saturated rings. The smallest absolute Gasteiger partial charge is 0.0645 e. The number of hydrogen-bond donors (Lipinski definition) is 1. The van der Waals surface area contributed by atoms with Crippen LogP contribution in [0.25, 0.3) is 0 Å². The normalized spacial score (nSPS) is 26.2. The molecule has 3 heteroatoms. The lowest BCUT2D eigenvalue weighted by atomic mass is 9.94. The standard InChI is InChI=1S/C12H26N2O/c1-10(8-13-5)11(2)14-6-7-15-9-12(14,3)4/h10-11,13H,6-9H2,1-5H3. The Labute approximate surface area is 94.2 Å². The van der Waals surface area contributed by atoms with Crippen LogP contribution in [0.3, 0.4) is 0 Å². The molecule has 0 radical (unpaired) electrons. The van der Waals surface area contributed by atoms with Crippen LogP contribution < -0.4 is 5.32 Å². The van der Waals surface area contributed by atoms with E-state index in [2.05, 4.69) is 37.9 Å². The van der Waals surface area contributed by atoms with E-state index < -0.39 is 0 Å². The summed E-state index contributed by atoms with van der Waals surface area (Å²) in [4.78, 5) is 2.58. The lowest BCUT2D eigenvalue weighted by Crippen LogP contribution is -2.58. The molecule has 1 rings (SSSR count). The minimum Gasteiger partial charge on any atom is -0.378 e. The third-order valence-electron chi connectivity index (χ3n) is 3.55. The molecule has 0 bridgehead atoms. The number of nitrogens with zero attached hydrogens (tertiary/aromatic N) is 1. The van der Waals surface area contributed by atoms with Crippen LogP contribution in [0.4, 0.5) is 0 Å². The van der Waals surface area contributed by atoms with Crippen LogP contribution in [0.5, 0.6) is 0 Å². The second-order valence-corrected chi connectivity index (χ2v) is 5.33. The zero-order valence-electron chi connectivity index (χ0n) is 10.8. The van der Waals surface area contributed by atoms with Gasteiger partial charge in [-0.1, -0.05) is 6.92 Å². The van der Waals surface area contributed by atoms with E-state index in [1.165, 1.54) is 0 Å². The quantitative estimate of drug-likeness (QED) is 0.764. The van der Waals surface area contributed by atoms with Crippen molar-refractivity contribution in [1.29, 1.82) is 0 Å². The molecule has 2 unspecified atom stereocenters. The summed E-state index contributed by atoms with van der Waals surface area (Å²) in [5.74, 6) is 0.673. The van der Waals surface area contributed by atoms with Gasteiger partial charge in [-0.05, 0) is 40.3 Å². The van der Waals surface area contributed by atoms with Crippen molar-refractivity contribution >= 4 is 0 Å². The number of rotatable bonds is 4. The summed E-state index contributed by atoms with van der Waals surface area (Å²) in [5.41, 5.74) is 0.180. The molecule has 90 valence electrons. The SMILES string of the molecule is CNCC(C)C(C)N1CCOCC1(C)C. The predicted molar refractivity (Wildman–Crippen MR) is 64.2 cm³/mol. The van der Waals surface area contributed by atoms with Gasteiger partial charge in [0.25, 0.3) is 0 Å². The maximum Gasteiger partial charge on any atom is 0.0645 e. The molecule has 1 saturated heterocycles. The highest BCUT2D eigenvalue weighted by Crippen LogP contribution is 2.24. The topological polar surface area (TPSA) is 24.5 Å². The van der Waals surface area contributed by atoms with Gasteiger partial charge in [0.2, 0.25) is 0 Å². The summed E-state index contributed by atoms with van der Waals surface area (Å²) in [7, 11) is 2.02. The van der Waals surface area contributed by atoms with Gasteiger partial charge in [-0.25, -0.2) is 0 Å². The number of hydrogen-bond acceptors (Lipinski definition) is 3. The zero-order chi connectivity index (χ0) is 11.5. The molecular weight excluding hydrogens is 188 g/mol. The first-order valence-electron chi connectivity index (χ1n) is 5.98. The first-order chi connectivity index (χ1) is 6.99. The van der Waals surface area contributed by atoms with Gasteiger partial charge in [0.05, 0.1) is 13.2 Å². The Bertz CT molecular complexity index is 194. The summed E-state index contributed by atoms with van der Waals surface area (Å²) in [6, 6.07) is 0.608. The van der Waals surface area contributed by atoms with E-state index in [0.717, 1.165) is 26.3 Å². The molecule has 0 aromatic heterocycles. The van der Waals surface area contributed by atoms with Gasteiger partial charge in [-0.3, -0.25) is 4.90 Å². The maximum absolute atomic E-state index is 5.55. The molecule has 15 heavy (non-hydrogen) atoms. The highest BCUT2D eigenvalue weighted by Gasteiger charge is 2.35. The molecule has 0 aromatic rings. The third kappa shape index (κ3) is 3.16. The largest absolute Gasteiger partial charge is 0.378 e. The molecule has 0 aromatic carbocycles. The highest BCUT2D eigenvalue weighted by atomic mass is 16.5. The summed E-state index contributed by atoms with van der Waals surface area (Å²) in [6.45, 7) is 13.0. The van der Waals surface area contributed by atoms with Crippen LogP contribution in [0.15, 0.2) is 0 Å². The Morgan fingerprint density at radius 3 is 2.60 bits per heavy atom. The molecule has 2 atom stereocenters. The first-order valence-corrected chi connectivity index (χ1v) is 5.98. The predicted octanol–water partition coefficient (Wildman–Crippen LogP) is 1.34. The average Bonchev–Trinajstić information content (AvgIpc) is 2.16. The fraction of sp³-hybridized carbons (Fsp3) is 1.00. The molecule has 3 nitrogen and oxygen atoms in total. The molecule has 1 heterocycles. The van der Waals surface area contributed by atoms with Gasteiger partial charge in [-0.2, -0.15) is 0 Å². The lowest BCUT2D eigenvalue weighted by molar-refractivity contribution is -0.0774. The Morgan fingerprint density at radius 1 is 1.40 bits per heavy atom. The van der Waals surface area contributed by atoms with Crippen LogP contribution >= 0.6 is 0 Å². The Hall–Kier alpha value is -0.120. The van der Waals surface area contributed by atoms with Crippen molar-refractivity contribution in [3.63, 3.8) is 0 Å². The second kappa shape index (κ2) is 5.28. The summed E-state index contributed by atoms with van der Waals surface area (Å²) in [5, 5.41) is 3.26. The molecule has 1 aliphatic heterocycles.